The lowest BCUT2D eigenvalue weighted by Gasteiger charge is -2.11. The molecule has 0 heterocycles. The largest absolute Gasteiger partial charge is 0.456 e. The second kappa shape index (κ2) is 6.03. The number of hydrogen-bond donors (Lipinski definition) is 1. The second-order valence-corrected chi connectivity index (χ2v) is 5.75. The summed E-state index contributed by atoms with van der Waals surface area (Å²) >= 11 is 6.45. The summed E-state index contributed by atoms with van der Waals surface area (Å²) in [5, 5.41) is 9.48. The normalized spacial score (nSPS) is 12.3. The van der Waals surface area contributed by atoms with Crippen molar-refractivity contribution in [2.75, 3.05) is 0 Å². The molecule has 0 saturated carbocycles. The molecule has 0 saturated heterocycles. The van der Waals surface area contributed by atoms with Crippen LogP contribution >= 0.6 is 31.9 Å². The van der Waals surface area contributed by atoms with E-state index in [1.807, 2.05) is 0 Å². The predicted molar refractivity (Wildman–Crippen MR) is 78.9 cm³/mol. The third-order valence-corrected chi connectivity index (χ3v) is 3.82. The van der Waals surface area contributed by atoms with Crippen LogP contribution in [0.3, 0.4) is 0 Å². The number of rotatable bonds is 3. The summed E-state index contributed by atoms with van der Waals surface area (Å²) < 4.78 is 20.1. The topological polar surface area (TPSA) is 29.5 Å². The summed E-state index contributed by atoms with van der Waals surface area (Å²) in [4.78, 5) is 0. The van der Waals surface area contributed by atoms with Gasteiger partial charge in [-0.25, -0.2) is 4.39 Å². The molecule has 5 heteroatoms. The molecule has 1 N–H and O–H groups in total. The van der Waals surface area contributed by atoms with Gasteiger partial charge >= 0.3 is 0 Å². The van der Waals surface area contributed by atoms with Crippen molar-refractivity contribution in [3.05, 3.63) is 56.7 Å². The van der Waals surface area contributed by atoms with Crippen molar-refractivity contribution >= 4 is 31.9 Å². The number of hydrogen-bond acceptors (Lipinski definition) is 2. The molecule has 19 heavy (non-hydrogen) atoms. The zero-order chi connectivity index (χ0) is 14.0. The van der Waals surface area contributed by atoms with Crippen molar-refractivity contribution in [1.82, 2.24) is 0 Å². The van der Waals surface area contributed by atoms with Crippen LogP contribution in [0.2, 0.25) is 0 Å². The number of aliphatic hydroxyl groups is 1. The third kappa shape index (κ3) is 3.55. The highest BCUT2D eigenvalue weighted by atomic mass is 79.9. The van der Waals surface area contributed by atoms with E-state index in [1.54, 1.807) is 37.3 Å². The highest BCUT2D eigenvalue weighted by Gasteiger charge is 2.08. The van der Waals surface area contributed by atoms with E-state index in [9.17, 15) is 9.50 Å². The molecule has 2 nitrogen and oxygen atoms in total. The van der Waals surface area contributed by atoms with Crippen molar-refractivity contribution in [2.45, 2.75) is 13.0 Å². The minimum absolute atomic E-state index is 0.380. The van der Waals surface area contributed by atoms with Gasteiger partial charge in [-0.15, -0.1) is 0 Å². The summed E-state index contributed by atoms with van der Waals surface area (Å²) in [5.74, 6) is 0.589. The molecular formula is C14H11Br2FO2. The van der Waals surface area contributed by atoms with Crippen LogP contribution in [0.15, 0.2) is 45.3 Å². The fourth-order valence-electron chi connectivity index (χ4n) is 1.53. The molecule has 2 aromatic rings. The molecule has 1 atom stereocenters. The third-order valence-electron chi connectivity index (χ3n) is 2.56. The van der Waals surface area contributed by atoms with Gasteiger partial charge in [0.05, 0.1) is 15.0 Å². The van der Waals surface area contributed by atoms with Crippen LogP contribution in [0.5, 0.6) is 11.5 Å². The standard InChI is InChI=1S/C14H11Br2FO2/c1-8(18)9-2-5-14(12(16)6-9)19-10-3-4-11(15)13(17)7-10/h2-8,18H,1H3. The van der Waals surface area contributed by atoms with Crippen LogP contribution in [0.1, 0.15) is 18.6 Å². The lowest BCUT2D eigenvalue weighted by Crippen LogP contribution is -1.92. The summed E-state index contributed by atoms with van der Waals surface area (Å²) in [6.45, 7) is 1.69. The highest BCUT2D eigenvalue weighted by molar-refractivity contribution is 9.10. The quantitative estimate of drug-likeness (QED) is 0.781. The second-order valence-electron chi connectivity index (χ2n) is 4.04. The number of halogens is 3. The minimum atomic E-state index is -0.546. The lowest BCUT2D eigenvalue weighted by atomic mass is 10.1. The molecule has 0 bridgehead atoms. The Kier molecular flexibility index (Phi) is 4.60. The molecule has 2 rings (SSSR count). The van der Waals surface area contributed by atoms with Gasteiger partial charge in [0.1, 0.15) is 17.3 Å². The van der Waals surface area contributed by atoms with E-state index < -0.39 is 6.10 Å². The molecule has 0 aliphatic rings. The summed E-state index contributed by atoms with van der Waals surface area (Å²) in [5.41, 5.74) is 0.779. The average Bonchev–Trinajstić information content (AvgIpc) is 2.36. The highest BCUT2D eigenvalue weighted by Crippen LogP contribution is 2.33. The van der Waals surface area contributed by atoms with Crippen molar-refractivity contribution < 1.29 is 14.2 Å². The first-order valence-electron chi connectivity index (χ1n) is 5.58. The van der Waals surface area contributed by atoms with E-state index >= 15 is 0 Å². The van der Waals surface area contributed by atoms with Gasteiger partial charge in [-0.3, -0.25) is 0 Å². The van der Waals surface area contributed by atoms with Gasteiger partial charge in [-0.2, -0.15) is 0 Å². The molecule has 2 aromatic carbocycles. The Balaban J connectivity index is 2.25. The molecule has 1 unspecified atom stereocenters. The van der Waals surface area contributed by atoms with Gasteiger partial charge in [0, 0.05) is 6.07 Å². The zero-order valence-electron chi connectivity index (χ0n) is 10.0. The summed E-state index contributed by atoms with van der Waals surface area (Å²) in [6, 6.07) is 9.82. The first kappa shape index (κ1) is 14.5. The van der Waals surface area contributed by atoms with Gasteiger partial charge < -0.3 is 9.84 Å². The zero-order valence-corrected chi connectivity index (χ0v) is 13.2. The number of benzene rings is 2. The number of aliphatic hydroxyl groups excluding tert-OH is 1. The Hall–Kier alpha value is -0.910. The van der Waals surface area contributed by atoms with Crippen LogP contribution in [-0.4, -0.2) is 5.11 Å². The predicted octanol–water partition coefficient (Wildman–Crippen LogP) is 5.20. The molecule has 0 radical (unpaired) electrons. The number of ether oxygens (including phenoxy) is 1. The maximum Gasteiger partial charge on any atom is 0.141 e. The molecule has 0 aliphatic heterocycles. The van der Waals surface area contributed by atoms with Gasteiger partial charge in [-0.1, -0.05) is 6.07 Å². The van der Waals surface area contributed by atoms with Crippen LogP contribution in [0.4, 0.5) is 4.39 Å². The van der Waals surface area contributed by atoms with Crippen molar-refractivity contribution in [3.63, 3.8) is 0 Å². The fraction of sp³-hybridized carbons (Fsp3) is 0.143. The molecule has 0 amide bonds. The smallest absolute Gasteiger partial charge is 0.141 e. The van der Waals surface area contributed by atoms with Crippen LogP contribution in [0.25, 0.3) is 0 Å². The van der Waals surface area contributed by atoms with Gasteiger partial charge in [0.15, 0.2) is 0 Å². The van der Waals surface area contributed by atoms with E-state index in [0.717, 1.165) is 5.56 Å². The Labute approximate surface area is 127 Å². The van der Waals surface area contributed by atoms with E-state index in [-0.39, 0.29) is 5.82 Å². The van der Waals surface area contributed by atoms with Crippen molar-refractivity contribution in [1.29, 1.82) is 0 Å². The average molecular weight is 390 g/mol. The Morgan fingerprint density at radius 3 is 2.42 bits per heavy atom. The SMILES string of the molecule is CC(O)c1ccc(Oc2ccc(Br)c(F)c2)c(Br)c1. The Morgan fingerprint density at radius 1 is 1.11 bits per heavy atom. The Bertz CT molecular complexity index is 600. The molecule has 0 fully saturated rings. The molecule has 0 aromatic heterocycles. The minimum Gasteiger partial charge on any atom is -0.456 e. The maximum absolute atomic E-state index is 13.4. The van der Waals surface area contributed by atoms with E-state index in [0.29, 0.717) is 20.4 Å². The van der Waals surface area contributed by atoms with Gasteiger partial charge in [0.25, 0.3) is 0 Å². The monoisotopic (exact) mass is 388 g/mol. The van der Waals surface area contributed by atoms with Crippen molar-refractivity contribution in [2.24, 2.45) is 0 Å². The van der Waals surface area contributed by atoms with E-state index in [4.69, 9.17) is 4.74 Å². The van der Waals surface area contributed by atoms with E-state index in [1.165, 1.54) is 6.07 Å². The van der Waals surface area contributed by atoms with Crippen LogP contribution < -0.4 is 4.74 Å². The molecule has 100 valence electrons. The fourth-order valence-corrected chi connectivity index (χ4v) is 2.25. The molecule has 0 aliphatic carbocycles. The first-order valence-corrected chi connectivity index (χ1v) is 7.16. The summed E-state index contributed by atoms with van der Waals surface area (Å²) in [7, 11) is 0. The van der Waals surface area contributed by atoms with Crippen molar-refractivity contribution in [3.8, 4) is 11.5 Å². The molecule has 0 spiro atoms. The van der Waals surface area contributed by atoms with Gasteiger partial charge in [0.2, 0.25) is 0 Å². The first-order chi connectivity index (χ1) is 8.97. The van der Waals surface area contributed by atoms with Crippen LogP contribution in [-0.2, 0) is 0 Å². The summed E-state index contributed by atoms with van der Waals surface area (Å²) in [6.07, 6.45) is -0.546. The van der Waals surface area contributed by atoms with E-state index in [2.05, 4.69) is 31.9 Å². The lowest BCUT2D eigenvalue weighted by molar-refractivity contribution is 0.199. The maximum atomic E-state index is 13.4. The van der Waals surface area contributed by atoms with Gasteiger partial charge in [-0.05, 0) is 68.6 Å². The Morgan fingerprint density at radius 2 is 1.84 bits per heavy atom. The van der Waals surface area contributed by atoms with Crippen LogP contribution in [0, 0.1) is 5.82 Å². The molecular weight excluding hydrogens is 379 g/mol.